The number of hydrogen-bond donors (Lipinski definition) is 1. The van der Waals surface area contributed by atoms with Gasteiger partial charge in [0.05, 0.1) is 17.9 Å². The van der Waals surface area contributed by atoms with Gasteiger partial charge in [0.2, 0.25) is 5.91 Å². The van der Waals surface area contributed by atoms with Crippen LogP contribution in [0.3, 0.4) is 0 Å². The number of hydrogen-bond acceptors (Lipinski definition) is 5. The van der Waals surface area contributed by atoms with Crippen molar-refractivity contribution in [2.45, 2.75) is 24.6 Å². The molecule has 0 radical (unpaired) electrons. The lowest BCUT2D eigenvalue weighted by molar-refractivity contribution is -0.115. The third-order valence-corrected chi connectivity index (χ3v) is 6.23. The van der Waals surface area contributed by atoms with E-state index in [1.807, 2.05) is 37.4 Å². The van der Waals surface area contributed by atoms with Crippen molar-refractivity contribution in [2.24, 2.45) is 0 Å². The Morgan fingerprint density at radius 2 is 1.86 bits per heavy atom. The maximum absolute atomic E-state index is 12.9. The van der Waals surface area contributed by atoms with Gasteiger partial charge in [-0.3, -0.25) is 9.59 Å². The molecule has 0 saturated carbocycles. The van der Waals surface area contributed by atoms with Gasteiger partial charge in [-0.15, -0.1) is 11.3 Å². The molecule has 1 heterocycles. The van der Waals surface area contributed by atoms with E-state index in [0.29, 0.717) is 11.3 Å². The summed E-state index contributed by atoms with van der Waals surface area (Å²) in [5.74, 6) is -0.373. The molecule has 1 aromatic heterocycles. The molecular formula is C21H19FN2O2S2. The zero-order chi connectivity index (χ0) is 20.1. The van der Waals surface area contributed by atoms with Gasteiger partial charge < -0.3 is 5.32 Å². The summed E-state index contributed by atoms with van der Waals surface area (Å²) in [6, 6.07) is 11.3. The molecule has 28 heavy (non-hydrogen) atoms. The van der Waals surface area contributed by atoms with Crippen molar-refractivity contribution in [1.29, 1.82) is 0 Å². The van der Waals surface area contributed by atoms with E-state index in [1.54, 1.807) is 0 Å². The second-order valence-electron chi connectivity index (χ2n) is 6.35. The monoisotopic (exact) mass is 414 g/mol. The Hall–Kier alpha value is -2.51. The molecule has 0 atom stereocenters. The maximum atomic E-state index is 12.9. The molecule has 0 aliphatic heterocycles. The molecule has 0 unspecified atom stereocenters. The Kier molecular flexibility index (Phi) is 6.59. The normalized spacial score (nSPS) is 10.7. The van der Waals surface area contributed by atoms with Crippen LogP contribution < -0.4 is 5.32 Å². The highest BCUT2D eigenvalue weighted by atomic mass is 32.2. The number of thiazole rings is 1. The Bertz CT molecular complexity index is 1000. The average molecular weight is 415 g/mol. The summed E-state index contributed by atoms with van der Waals surface area (Å²) in [5.41, 5.74) is 4.20. The van der Waals surface area contributed by atoms with Gasteiger partial charge in [-0.25, -0.2) is 9.37 Å². The van der Waals surface area contributed by atoms with Crippen LogP contribution in [0, 0.1) is 19.7 Å². The number of benzene rings is 2. The standard InChI is InChI=1S/C21H19FN2O2S2/c1-13-3-8-17(9-14(13)2)23-20(26)10-18-11-27-21(24-18)28-12-19(25)15-4-6-16(22)7-5-15/h3-9,11H,10,12H2,1-2H3,(H,23,26). The van der Waals surface area contributed by atoms with E-state index in [1.165, 1.54) is 52.9 Å². The van der Waals surface area contributed by atoms with Gasteiger partial charge >= 0.3 is 0 Å². The minimum Gasteiger partial charge on any atom is -0.326 e. The molecule has 3 rings (SSSR count). The average Bonchev–Trinajstić information content (AvgIpc) is 3.10. The highest BCUT2D eigenvalue weighted by Crippen LogP contribution is 2.24. The first kappa shape index (κ1) is 20.2. The number of nitrogens with zero attached hydrogens (tertiary/aromatic N) is 1. The summed E-state index contributed by atoms with van der Waals surface area (Å²) in [7, 11) is 0. The second-order valence-corrected chi connectivity index (χ2v) is 8.43. The predicted octanol–water partition coefficient (Wildman–Crippen LogP) is 5.06. The van der Waals surface area contributed by atoms with Gasteiger partial charge in [-0.05, 0) is 61.4 Å². The fourth-order valence-corrected chi connectivity index (χ4v) is 4.21. The Morgan fingerprint density at radius 3 is 2.57 bits per heavy atom. The van der Waals surface area contributed by atoms with Gasteiger partial charge in [0.15, 0.2) is 10.1 Å². The Morgan fingerprint density at radius 1 is 1.11 bits per heavy atom. The van der Waals surface area contributed by atoms with E-state index in [0.717, 1.165) is 15.6 Å². The number of aromatic nitrogens is 1. The summed E-state index contributed by atoms with van der Waals surface area (Å²) < 4.78 is 13.7. The van der Waals surface area contributed by atoms with Crippen LogP contribution in [0.1, 0.15) is 27.2 Å². The van der Waals surface area contributed by atoms with Gasteiger partial charge in [0.1, 0.15) is 5.82 Å². The lowest BCUT2D eigenvalue weighted by atomic mass is 10.1. The van der Waals surface area contributed by atoms with Crippen molar-refractivity contribution in [3.63, 3.8) is 0 Å². The van der Waals surface area contributed by atoms with E-state index < -0.39 is 0 Å². The topological polar surface area (TPSA) is 59.1 Å². The molecule has 7 heteroatoms. The quantitative estimate of drug-likeness (QED) is 0.434. The van der Waals surface area contributed by atoms with Crippen molar-refractivity contribution in [1.82, 2.24) is 4.98 Å². The lowest BCUT2D eigenvalue weighted by Gasteiger charge is -2.06. The fourth-order valence-electron chi connectivity index (χ4n) is 2.47. The number of carbonyl (C=O) groups is 2. The first-order valence-corrected chi connectivity index (χ1v) is 10.5. The minimum atomic E-state index is -0.368. The molecular weight excluding hydrogens is 395 g/mol. The molecule has 0 aliphatic carbocycles. The smallest absolute Gasteiger partial charge is 0.230 e. The van der Waals surface area contributed by atoms with Gasteiger partial charge in [0.25, 0.3) is 0 Å². The molecule has 4 nitrogen and oxygen atoms in total. The van der Waals surface area contributed by atoms with Gasteiger partial charge in [-0.1, -0.05) is 17.8 Å². The number of rotatable bonds is 7. The molecule has 0 spiro atoms. The van der Waals surface area contributed by atoms with Gasteiger partial charge in [-0.2, -0.15) is 0 Å². The minimum absolute atomic E-state index is 0.0887. The van der Waals surface area contributed by atoms with E-state index in [4.69, 9.17) is 0 Å². The van der Waals surface area contributed by atoms with E-state index >= 15 is 0 Å². The molecule has 1 amide bonds. The summed E-state index contributed by atoms with van der Waals surface area (Å²) >= 11 is 2.72. The number of amides is 1. The van der Waals surface area contributed by atoms with Crippen LogP contribution in [0.5, 0.6) is 0 Å². The van der Waals surface area contributed by atoms with Gasteiger partial charge in [0, 0.05) is 16.6 Å². The van der Waals surface area contributed by atoms with E-state index in [2.05, 4.69) is 10.3 Å². The largest absolute Gasteiger partial charge is 0.326 e. The van der Waals surface area contributed by atoms with Crippen LogP contribution in [0.2, 0.25) is 0 Å². The second kappa shape index (κ2) is 9.12. The molecule has 2 aromatic carbocycles. The molecule has 0 fully saturated rings. The first-order valence-electron chi connectivity index (χ1n) is 8.64. The number of halogens is 1. The predicted molar refractivity (Wildman–Crippen MR) is 112 cm³/mol. The first-order chi connectivity index (χ1) is 13.4. The number of nitrogens with one attached hydrogen (secondary N) is 1. The maximum Gasteiger partial charge on any atom is 0.230 e. The van der Waals surface area contributed by atoms with E-state index in [9.17, 15) is 14.0 Å². The third-order valence-electron chi connectivity index (χ3n) is 4.16. The third kappa shape index (κ3) is 5.50. The number of thioether (sulfide) groups is 1. The molecule has 0 saturated heterocycles. The molecule has 3 aromatic rings. The zero-order valence-electron chi connectivity index (χ0n) is 15.5. The summed E-state index contributed by atoms with van der Waals surface area (Å²) in [4.78, 5) is 28.8. The molecule has 1 N–H and O–H groups in total. The molecule has 144 valence electrons. The van der Waals surface area contributed by atoms with Crippen molar-refractivity contribution >= 4 is 40.5 Å². The Labute approximate surface area is 171 Å². The van der Waals surface area contributed by atoms with Crippen molar-refractivity contribution in [2.75, 3.05) is 11.1 Å². The molecule has 0 bridgehead atoms. The summed E-state index contributed by atoms with van der Waals surface area (Å²) in [6.45, 7) is 4.03. The summed E-state index contributed by atoms with van der Waals surface area (Å²) in [5, 5.41) is 4.70. The number of anilines is 1. The van der Waals surface area contributed by atoms with Crippen molar-refractivity contribution in [3.05, 3.63) is 76.0 Å². The SMILES string of the molecule is Cc1ccc(NC(=O)Cc2csc(SCC(=O)c3ccc(F)cc3)n2)cc1C. The number of Topliss-reactive ketones (excluding diaryl/α,β-unsaturated/α-hetero) is 1. The van der Waals surface area contributed by atoms with Crippen LogP contribution >= 0.6 is 23.1 Å². The van der Waals surface area contributed by atoms with E-state index in [-0.39, 0.29) is 29.7 Å². The molecule has 0 aliphatic rings. The zero-order valence-corrected chi connectivity index (χ0v) is 17.1. The highest BCUT2D eigenvalue weighted by molar-refractivity contribution is 8.01. The van der Waals surface area contributed by atoms with Crippen molar-refractivity contribution in [3.8, 4) is 0 Å². The number of aryl methyl sites for hydroxylation is 2. The Balaban J connectivity index is 1.52. The summed E-state index contributed by atoms with van der Waals surface area (Å²) in [6.07, 6.45) is 0.176. The highest BCUT2D eigenvalue weighted by Gasteiger charge is 2.12. The van der Waals surface area contributed by atoms with Crippen LogP contribution in [0.4, 0.5) is 10.1 Å². The lowest BCUT2D eigenvalue weighted by Crippen LogP contribution is -2.14. The number of carbonyl (C=O) groups excluding carboxylic acids is 2. The van der Waals surface area contributed by atoms with Crippen LogP contribution in [-0.2, 0) is 11.2 Å². The van der Waals surface area contributed by atoms with Crippen LogP contribution in [0.25, 0.3) is 0 Å². The van der Waals surface area contributed by atoms with Crippen LogP contribution in [0.15, 0.2) is 52.2 Å². The van der Waals surface area contributed by atoms with Crippen molar-refractivity contribution < 1.29 is 14.0 Å². The fraction of sp³-hybridized carbons (Fsp3) is 0.190. The number of ketones is 1. The van der Waals surface area contributed by atoms with Crippen LogP contribution in [-0.4, -0.2) is 22.4 Å².